The number of carbonyl (C=O) groups excluding carboxylic acids is 2. The van der Waals surface area contributed by atoms with Gasteiger partial charge in [-0.2, -0.15) is 0 Å². The molecule has 0 radical (unpaired) electrons. The molecule has 1 N–H and O–H groups in total. The molecular weight excluding hydrogens is 665 g/mol. The summed E-state index contributed by atoms with van der Waals surface area (Å²) >= 11 is 12.9. The van der Waals surface area contributed by atoms with Gasteiger partial charge in [0.05, 0.1) is 10.6 Å². The number of amides is 2. The molecule has 5 rings (SSSR count). The van der Waals surface area contributed by atoms with Crippen LogP contribution in [0.1, 0.15) is 55.7 Å². The molecule has 1 saturated carbocycles. The first-order valence-electron chi connectivity index (χ1n) is 16.4. The first kappa shape index (κ1) is 35.5. The topological polar surface area (TPSA) is 86.8 Å². The van der Waals surface area contributed by atoms with Gasteiger partial charge in [-0.25, -0.2) is 8.42 Å². The van der Waals surface area contributed by atoms with Crippen LogP contribution in [-0.2, 0) is 39.0 Å². The average molecular weight is 707 g/mol. The van der Waals surface area contributed by atoms with E-state index in [4.69, 9.17) is 23.2 Å². The molecule has 0 heterocycles. The van der Waals surface area contributed by atoms with Gasteiger partial charge in [-0.05, 0) is 66.3 Å². The highest BCUT2D eigenvalue weighted by Gasteiger charge is 2.36. The van der Waals surface area contributed by atoms with Crippen LogP contribution in [0.2, 0.25) is 10.0 Å². The van der Waals surface area contributed by atoms with Gasteiger partial charge in [0.2, 0.25) is 11.8 Å². The van der Waals surface area contributed by atoms with Gasteiger partial charge in [-0.15, -0.1) is 0 Å². The van der Waals surface area contributed by atoms with Crippen molar-refractivity contribution in [2.75, 3.05) is 10.8 Å². The van der Waals surface area contributed by atoms with E-state index in [1.54, 1.807) is 48.5 Å². The van der Waals surface area contributed by atoms with E-state index in [0.717, 1.165) is 43.2 Å². The minimum absolute atomic E-state index is 0.00647. The van der Waals surface area contributed by atoms with Crippen LogP contribution >= 0.6 is 23.2 Å². The lowest BCUT2D eigenvalue weighted by atomic mass is 9.94. The molecule has 0 aliphatic heterocycles. The molecule has 10 heteroatoms. The third-order valence-corrected chi connectivity index (χ3v) is 11.2. The third-order valence-electron chi connectivity index (χ3n) is 8.83. The molecule has 0 aromatic heterocycles. The van der Waals surface area contributed by atoms with Crippen molar-refractivity contribution in [3.63, 3.8) is 0 Å². The molecule has 1 unspecified atom stereocenters. The fraction of sp³-hybridized carbons (Fsp3) is 0.316. The second-order valence-electron chi connectivity index (χ2n) is 12.1. The number of anilines is 1. The number of carbonyl (C=O) groups is 2. The second-order valence-corrected chi connectivity index (χ2v) is 14.8. The van der Waals surface area contributed by atoms with E-state index in [2.05, 4.69) is 5.32 Å². The first-order valence-corrected chi connectivity index (χ1v) is 18.6. The molecular formula is C38H41Cl2N3O4S. The Kier molecular flexibility index (Phi) is 12.2. The fourth-order valence-corrected chi connectivity index (χ4v) is 8.16. The fourth-order valence-electron chi connectivity index (χ4n) is 6.22. The van der Waals surface area contributed by atoms with Gasteiger partial charge in [0.25, 0.3) is 10.0 Å². The van der Waals surface area contributed by atoms with E-state index in [0.29, 0.717) is 27.7 Å². The molecule has 4 aromatic carbocycles. The van der Waals surface area contributed by atoms with Crippen LogP contribution in [0.3, 0.4) is 0 Å². The van der Waals surface area contributed by atoms with Crippen LogP contribution in [-0.4, -0.2) is 43.8 Å². The number of sulfonamides is 1. The summed E-state index contributed by atoms with van der Waals surface area (Å²) in [6, 6.07) is 28.8. The van der Waals surface area contributed by atoms with Crippen molar-refractivity contribution in [1.29, 1.82) is 0 Å². The van der Waals surface area contributed by atoms with Crippen LogP contribution < -0.4 is 9.62 Å². The number of benzene rings is 4. The summed E-state index contributed by atoms with van der Waals surface area (Å²) < 4.78 is 29.8. The molecule has 0 saturated heterocycles. The Bertz CT molecular complexity index is 1800. The highest BCUT2D eigenvalue weighted by Crippen LogP contribution is 2.30. The molecule has 2 amide bonds. The van der Waals surface area contributed by atoms with E-state index in [9.17, 15) is 18.0 Å². The van der Waals surface area contributed by atoms with E-state index >= 15 is 0 Å². The number of para-hydroxylation sites is 1. The standard InChI is InChI=1S/C38H41Cl2N3O4S/c1-2-29-16-12-13-21-35(29)43(48(46,47)33-19-10-5-11-20-33)27-37(44)42(26-30-22-23-31(39)25-34(30)40)36(24-28-14-6-3-7-15-28)38(45)41-32-17-8-4-9-18-32/h3,5-7,10-16,19-23,25,32,36H,2,4,8-9,17-18,24,26-27H2,1H3,(H,41,45). The van der Waals surface area contributed by atoms with Gasteiger partial charge >= 0.3 is 0 Å². The Morgan fingerprint density at radius 2 is 1.48 bits per heavy atom. The number of aryl methyl sites for hydroxylation is 1. The van der Waals surface area contributed by atoms with Crippen molar-refractivity contribution in [1.82, 2.24) is 10.2 Å². The Morgan fingerprint density at radius 1 is 0.833 bits per heavy atom. The largest absolute Gasteiger partial charge is 0.352 e. The molecule has 0 spiro atoms. The number of hydrogen-bond acceptors (Lipinski definition) is 4. The quantitative estimate of drug-likeness (QED) is 0.154. The second kappa shape index (κ2) is 16.5. The normalized spacial score (nSPS) is 14.2. The highest BCUT2D eigenvalue weighted by atomic mass is 35.5. The lowest BCUT2D eigenvalue weighted by molar-refractivity contribution is -0.140. The zero-order valence-electron chi connectivity index (χ0n) is 27.0. The predicted octanol–water partition coefficient (Wildman–Crippen LogP) is 7.84. The zero-order chi connectivity index (χ0) is 34.1. The van der Waals surface area contributed by atoms with E-state index in [1.807, 2.05) is 49.4 Å². The number of rotatable bonds is 13. The number of hydrogen-bond donors (Lipinski definition) is 1. The van der Waals surface area contributed by atoms with Crippen LogP contribution in [0.4, 0.5) is 5.69 Å². The van der Waals surface area contributed by atoms with Crippen LogP contribution in [0.5, 0.6) is 0 Å². The van der Waals surface area contributed by atoms with Crippen molar-refractivity contribution in [2.45, 2.75) is 75.4 Å². The summed E-state index contributed by atoms with van der Waals surface area (Å²) in [6.45, 7) is 1.38. The predicted molar refractivity (Wildman–Crippen MR) is 193 cm³/mol. The zero-order valence-corrected chi connectivity index (χ0v) is 29.4. The lowest BCUT2D eigenvalue weighted by Crippen LogP contribution is -2.55. The molecule has 1 aliphatic carbocycles. The highest BCUT2D eigenvalue weighted by molar-refractivity contribution is 7.92. The molecule has 252 valence electrons. The summed E-state index contributed by atoms with van der Waals surface area (Å²) in [7, 11) is -4.19. The third kappa shape index (κ3) is 8.78. The average Bonchev–Trinajstić information content (AvgIpc) is 3.10. The van der Waals surface area contributed by atoms with Gasteiger partial charge in [0.1, 0.15) is 12.6 Å². The Balaban J connectivity index is 1.59. The monoisotopic (exact) mass is 705 g/mol. The molecule has 1 fully saturated rings. The van der Waals surface area contributed by atoms with Gasteiger partial charge < -0.3 is 10.2 Å². The van der Waals surface area contributed by atoms with E-state index in [1.165, 1.54) is 21.3 Å². The minimum atomic E-state index is -4.19. The summed E-state index contributed by atoms with van der Waals surface area (Å²) in [4.78, 5) is 30.6. The van der Waals surface area contributed by atoms with Crippen molar-refractivity contribution in [3.8, 4) is 0 Å². The SMILES string of the molecule is CCc1ccccc1N(CC(=O)N(Cc1ccc(Cl)cc1Cl)C(Cc1ccccc1)C(=O)NC1CCCCC1)S(=O)(=O)c1ccccc1. The lowest BCUT2D eigenvalue weighted by Gasteiger charge is -2.35. The van der Waals surface area contributed by atoms with E-state index in [-0.39, 0.29) is 29.8 Å². The molecule has 48 heavy (non-hydrogen) atoms. The number of halogens is 2. The van der Waals surface area contributed by atoms with Crippen molar-refractivity contribution in [3.05, 3.63) is 130 Å². The summed E-state index contributed by atoms with van der Waals surface area (Å²) in [5, 5.41) is 4.01. The minimum Gasteiger partial charge on any atom is -0.352 e. The molecule has 1 atom stereocenters. The van der Waals surface area contributed by atoms with E-state index < -0.39 is 28.5 Å². The van der Waals surface area contributed by atoms with Crippen LogP contribution in [0, 0.1) is 0 Å². The van der Waals surface area contributed by atoms with Crippen molar-refractivity contribution in [2.24, 2.45) is 0 Å². The Morgan fingerprint density at radius 3 is 2.15 bits per heavy atom. The summed E-state index contributed by atoms with van der Waals surface area (Å²) in [6.07, 6.45) is 5.71. The Hall–Kier alpha value is -3.85. The van der Waals surface area contributed by atoms with Gasteiger partial charge in [0, 0.05) is 29.1 Å². The van der Waals surface area contributed by atoms with Crippen molar-refractivity contribution >= 4 is 50.7 Å². The molecule has 7 nitrogen and oxygen atoms in total. The molecule has 0 bridgehead atoms. The smallest absolute Gasteiger partial charge is 0.264 e. The maximum absolute atomic E-state index is 14.8. The summed E-state index contributed by atoms with van der Waals surface area (Å²) in [5.41, 5.74) is 2.64. The maximum atomic E-state index is 14.8. The maximum Gasteiger partial charge on any atom is 0.264 e. The van der Waals surface area contributed by atoms with Gasteiger partial charge in [-0.1, -0.05) is 122 Å². The summed E-state index contributed by atoms with van der Waals surface area (Å²) in [5.74, 6) is -0.818. The Labute approximate surface area is 293 Å². The van der Waals surface area contributed by atoms with Crippen LogP contribution in [0.25, 0.3) is 0 Å². The molecule has 1 aliphatic rings. The van der Waals surface area contributed by atoms with Crippen molar-refractivity contribution < 1.29 is 18.0 Å². The first-order chi connectivity index (χ1) is 23.2. The molecule has 4 aromatic rings. The van der Waals surface area contributed by atoms with Gasteiger partial charge in [-0.3, -0.25) is 13.9 Å². The van der Waals surface area contributed by atoms with Gasteiger partial charge in [0.15, 0.2) is 0 Å². The number of nitrogens with zero attached hydrogens (tertiary/aromatic N) is 2. The van der Waals surface area contributed by atoms with Crippen LogP contribution in [0.15, 0.2) is 108 Å². The number of nitrogens with one attached hydrogen (secondary N) is 1.